The van der Waals surface area contributed by atoms with Gasteiger partial charge in [-0.05, 0) is 12.1 Å². The molecule has 1 aliphatic rings. The zero-order valence-corrected chi connectivity index (χ0v) is 8.58. The molecule has 3 N–H and O–H groups in total. The van der Waals surface area contributed by atoms with Crippen LogP contribution in [0.5, 0.6) is 0 Å². The van der Waals surface area contributed by atoms with Gasteiger partial charge in [-0.15, -0.1) is 0 Å². The average molecular weight is 223 g/mol. The van der Waals surface area contributed by atoms with Crippen LogP contribution in [0.2, 0.25) is 0 Å². The van der Waals surface area contributed by atoms with Crippen molar-refractivity contribution < 1.29 is 9.59 Å². The van der Waals surface area contributed by atoms with Crippen molar-refractivity contribution in [3.05, 3.63) is 18.3 Å². The lowest BCUT2D eigenvalue weighted by molar-refractivity contribution is -0.124. The fourth-order valence-corrected chi connectivity index (χ4v) is 2.18. The van der Waals surface area contributed by atoms with Crippen LogP contribution >= 0.6 is 11.8 Å². The maximum atomic E-state index is 11.3. The molecule has 0 bridgehead atoms. The zero-order chi connectivity index (χ0) is 10.8. The largest absolute Gasteiger partial charge is 0.397 e. The number of carbonyl (C=O) groups is 2. The molecule has 0 spiro atoms. The van der Waals surface area contributed by atoms with Crippen molar-refractivity contribution >= 4 is 29.3 Å². The van der Waals surface area contributed by atoms with Gasteiger partial charge in [0.1, 0.15) is 0 Å². The van der Waals surface area contributed by atoms with Crippen LogP contribution in [0.4, 0.5) is 5.69 Å². The highest BCUT2D eigenvalue weighted by Crippen LogP contribution is 2.26. The molecule has 0 radical (unpaired) electrons. The van der Waals surface area contributed by atoms with Crippen LogP contribution in [0.15, 0.2) is 23.4 Å². The van der Waals surface area contributed by atoms with Gasteiger partial charge in [0.15, 0.2) is 0 Å². The van der Waals surface area contributed by atoms with Crippen LogP contribution in [-0.4, -0.2) is 22.0 Å². The molecule has 1 fully saturated rings. The number of nitrogens with two attached hydrogens (primary N) is 1. The third kappa shape index (κ3) is 2.27. The highest BCUT2D eigenvalue weighted by molar-refractivity contribution is 8.00. The van der Waals surface area contributed by atoms with Crippen molar-refractivity contribution in [2.45, 2.75) is 16.7 Å². The molecule has 0 aromatic carbocycles. The van der Waals surface area contributed by atoms with Gasteiger partial charge in [-0.3, -0.25) is 14.9 Å². The number of anilines is 1. The van der Waals surface area contributed by atoms with Gasteiger partial charge < -0.3 is 5.73 Å². The second-order valence-electron chi connectivity index (χ2n) is 3.15. The number of hydrogen-bond donors (Lipinski definition) is 2. The summed E-state index contributed by atoms with van der Waals surface area (Å²) < 4.78 is 0. The van der Waals surface area contributed by atoms with E-state index in [-0.39, 0.29) is 23.5 Å². The van der Waals surface area contributed by atoms with Crippen molar-refractivity contribution in [3.8, 4) is 0 Å². The first kappa shape index (κ1) is 9.97. The van der Waals surface area contributed by atoms with E-state index < -0.39 is 0 Å². The summed E-state index contributed by atoms with van der Waals surface area (Å²) in [6, 6.07) is 3.44. The third-order valence-electron chi connectivity index (χ3n) is 1.95. The smallest absolute Gasteiger partial charge is 0.240 e. The van der Waals surface area contributed by atoms with Crippen LogP contribution in [0.1, 0.15) is 6.42 Å². The highest BCUT2D eigenvalue weighted by Gasteiger charge is 2.31. The number of hydrogen-bond acceptors (Lipinski definition) is 5. The van der Waals surface area contributed by atoms with Gasteiger partial charge in [0.05, 0.1) is 22.2 Å². The lowest BCUT2D eigenvalue weighted by Crippen LogP contribution is -2.23. The van der Waals surface area contributed by atoms with E-state index in [2.05, 4.69) is 10.3 Å². The van der Waals surface area contributed by atoms with Crippen molar-refractivity contribution in [1.29, 1.82) is 0 Å². The van der Waals surface area contributed by atoms with E-state index in [0.717, 1.165) is 0 Å². The summed E-state index contributed by atoms with van der Waals surface area (Å²) in [5.74, 6) is -0.475. The van der Waals surface area contributed by atoms with Crippen LogP contribution < -0.4 is 11.1 Å². The SMILES string of the molecule is Nc1ccc(SC2CC(=O)NC2=O)nc1. The number of nitrogens with one attached hydrogen (secondary N) is 1. The number of imide groups is 1. The second-order valence-corrected chi connectivity index (χ2v) is 4.38. The van der Waals surface area contributed by atoms with Crippen molar-refractivity contribution in [2.75, 3.05) is 5.73 Å². The summed E-state index contributed by atoms with van der Waals surface area (Å²) in [6.45, 7) is 0. The standard InChI is InChI=1S/C9H9N3O2S/c10-5-1-2-8(11-4-5)15-6-3-7(13)12-9(6)14/h1-2,4,6H,3,10H2,(H,12,13,14). The Balaban J connectivity index is 2.06. The molecule has 0 aliphatic carbocycles. The number of thioether (sulfide) groups is 1. The van der Waals surface area contributed by atoms with Gasteiger partial charge in [-0.1, -0.05) is 11.8 Å². The van der Waals surface area contributed by atoms with Crippen molar-refractivity contribution in [1.82, 2.24) is 10.3 Å². The maximum absolute atomic E-state index is 11.3. The van der Waals surface area contributed by atoms with Gasteiger partial charge in [-0.25, -0.2) is 4.98 Å². The molecule has 1 aromatic heterocycles. The number of amides is 2. The maximum Gasteiger partial charge on any atom is 0.240 e. The molecule has 78 valence electrons. The normalized spacial score (nSPS) is 20.4. The molecule has 2 amide bonds. The summed E-state index contributed by atoms with van der Waals surface area (Å²) in [6.07, 6.45) is 1.74. The fraction of sp³-hybridized carbons (Fsp3) is 0.222. The summed E-state index contributed by atoms with van der Waals surface area (Å²) in [5, 5.41) is 2.57. The Labute approximate surface area is 90.4 Å². The third-order valence-corrected chi connectivity index (χ3v) is 3.10. The van der Waals surface area contributed by atoms with E-state index in [4.69, 9.17) is 5.73 Å². The molecular weight excluding hydrogens is 214 g/mol. The monoisotopic (exact) mass is 223 g/mol. The molecule has 15 heavy (non-hydrogen) atoms. The molecule has 5 nitrogen and oxygen atoms in total. The fourth-order valence-electron chi connectivity index (χ4n) is 1.23. The Bertz CT molecular complexity index is 404. The van der Waals surface area contributed by atoms with Gasteiger partial charge >= 0.3 is 0 Å². The number of rotatable bonds is 2. The van der Waals surface area contributed by atoms with E-state index in [1.165, 1.54) is 18.0 Å². The number of carbonyl (C=O) groups excluding carboxylic acids is 2. The molecular formula is C9H9N3O2S. The molecule has 1 saturated heterocycles. The summed E-state index contributed by atoms with van der Waals surface area (Å²) in [4.78, 5) is 26.2. The van der Waals surface area contributed by atoms with Crippen LogP contribution in [0.3, 0.4) is 0 Å². The first-order chi connectivity index (χ1) is 7.15. The van der Waals surface area contributed by atoms with Crippen molar-refractivity contribution in [3.63, 3.8) is 0 Å². The minimum Gasteiger partial charge on any atom is -0.397 e. The van der Waals surface area contributed by atoms with Crippen LogP contribution in [-0.2, 0) is 9.59 Å². The number of aromatic nitrogens is 1. The van der Waals surface area contributed by atoms with Gasteiger partial charge in [0.25, 0.3) is 0 Å². The summed E-state index contributed by atoms with van der Waals surface area (Å²) in [5.41, 5.74) is 6.05. The zero-order valence-electron chi connectivity index (χ0n) is 7.77. The molecule has 0 saturated carbocycles. The van der Waals surface area contributed by atoms with E-state index in [1.54, 1.807) is 12.1 Å². The van der Waals surface area contributed by atoms with Gasteiger partial charge in [0, 0.05) is 6.42 Å². The van der Waals surface area contributed by atoms with Crippen LogP contribution in [0.25, 0.3) is 0 Å². The van der Waals surface area contributed by atoms with E-state index in [1.807, 2.05) is 0 Å². The summed E-state index contributed by atoms with van der Waals surface area (Å²) in [7, 11) is 0. The Hall–Kier alpha value is -1.56. The van der Waals surface area contributed by atoms with E-state index in [9.17, 15) is 9.59 Å². The molecule has 2 heterocycles. The highest BCUT2D eigenvalue weighted by atomic mass is 32.2. The average Bonchev–Trinajstić information content (AvgIpc) is 2.49. The van der Waals surface area contributed by atoms with E-state index in [0.29, 0.717) is 10.7 Å². The Kier molecular flexibility index (Phi) is 2.59. The first-order valence-corrected chi connectivity index (χ1v) is 5.25. The lowest BCUT2D eigenvalue weighted by Gasteiger charge is -2.04. The number of pyridine rings is 1. The molecule has 6 heteroatoms. The quantitative estimate of drug-likeness (QED) is 0.698. The van der Waals surface area contributed by atoms with Crippen molar-refractivity contribution in [2.24, 2.45) is 0 Å². The number of nitrogen functional groups attached to an aromatic ring is 1. The molecule has 1 unspecified atom stereocenters. The Morgan fingerprint density at radius 1 is 1.47 bits per heavy atom. The van der Waals surface area contributed by atoms with Gasteiger partial charge in [0.2, 0.25) is 11.8 Å². The number of nitrogens with zero attached hydrogens (tertiary/aromatic N) is 1. The summed E-state index contributed by atoms with van der Waals surface area (Å²) >= 11 is 1.27. The van der Waals surface area contributed by atoms with Crippen LogP contribution in [0, 0.1) is 0 Å². The molecule has 1 aromatic rings. The predicted molar refractivity (Wildman–Crippen MR) is 56.1 cm³/mol. The van der Waals surface area contributed by atoms with E-state index >= 15 is 0 Å². The molecule has 1 atom stereocenters. The van der Waals surface area contributed by atoms with Gasteiger partial charge in [-0.2, -0.15) is 0 Å². The topological polar surface area (TPSA) is 85.1 Å². The minimum atomic E-state index is -0.367. The molecule has 1 aliphatic heterocycles. The predicted octanol–water partition coefficient (Wildman–Crippen LogP) is 0.171. The minimum absolute atomic E-state index is 0.218. The Morgan fingerprint density at radius 3 is 2.80 bits per heavy atom. The first-order valence-electron chi connectivity index (χ1n) is 4.37. The molecule has 2 rings (SSSR count). The second kappa shape index (κ2) is 3.90. The lowest BCUT2D eigenvalue weighted by atomic mass is 10.4. The Morgan fingerprint density at radius 2 is 2.27 bits per heavy atom.